The van der Waals surface area contributed by atoms with Gasteiger partial charge in [0.25, 0.3) is 5.69 Å². The van der Waals surface area contributed by atoms with E-state index < -0.39 is 4.92 Å². The maximum Gasteiger partial charge on any atom is 0.271 e. The fraction of sp³-hybridized carbons (Fsp3) is 0.538. The van der Waals surface area contributed by atoms with Gasteiger partial charge in [0.15, 0.2) is 0 Å². The number of nitro benzene ring substituents is 1. The van der Waals surface area contributed by atoms with E-state index in [9.17, 15) is 10.1 Å². The molecule has 3 N–H and O–H groups in total. The van der Waals surface area contributed by atoms with E-state index in [4.69, 9.17) is 10.5 Å². The molecule has 1 aliphatic rings. The van der Waals surface area contributed by atoms with Crippen LogP contribution in [0.15, 0.2) is 18.2 Å². The normalized spacial score (nSPS) is 17.6. The van der Waals surface area contributed by atoms with Gasteiger partial charge in [-0.05, 0) is 13.0 Å². The largest absolute Gasteiger partial charge is 0.397 e. The van der Waals surface area contributed by atoms with Crippen molar-refractivity contribution >= 4 is 17.1 Å². The van der Waals surface area contributed by atoms with Gasteiger partial charge in [-0.2, -0.15) is 0 Å². The molecule has 1 saturated heterocycles. The molecule has 0 bridgehead atoms. The van der Waals surface area contributed by atoms with Crippen molar-refractivity contribution in [3.8, 4) is 0 Å². The summed E-state index contributed by atoms with van der Waals surface area (Å²) in [4.78, 5) is 12.5. The summed E-state index contributed by atoms with van der Waals surface area (Å²) in [6.07, 6.45) is 0. The van der Waals surface area contributed by atoms with Crippen LogP contribution in [0, 0.1) is 10.1 Å². The molecule has 2 rings (SSSR count). The molecule has 1 fully saturated rings. The van der Waals surface area contributed by atoms with Crippen LogP contribution in [-0.2, 0) is 4.74 Å². The molecule has 7 nitrogen and oxygen atoms in total. The van der Waals surface area contributed by atoms with E-state index in [-0.39, 0.29) is 11.7 Å². The van der Waals surface area contributed by atoms with Crippen LogP contribution < -0.4 is 11.1 Å². The smallest absolute Gasteiger partial charge is 0.271 e. The Balaban J connectivity index is 1.93. The molecule has 1 aliphatic heterocycles. The van der Waals surface area contributed by atoms with Crippen LogP contribution in [0.2, 0.25) is 0 Å². The number of rotatable bonds is 5. The summed E-state index contributed by atoms with van der Waals surface area (Å²) in [5, 5.41) is 14.0. The van der Waals surface area contributed by atoms with E-state index in [0.29, 0.717) is 5.69 Å². The van der Waals surface area contributed by atoms with E-state index in [1.165, 1.54) is 12.1 Å². The Morgan fingerprint density at radius 2 is 2.20 bits per heavy atom. The van der Waals surface area contributed by atoms with Crippen molar-refractivity contribution in [2.75, 3.05) is 43.9 Å². The van der Waals surface area contributed by atoms with E-state index in [1.54, 1.807) is 6.07 Å². The summed E-state index contributed by atoms with van der Waals surface area (Å²) in [7, 11) is 0. The summed E-state index contributed by atoms with van der Waals surface area (Å²) in [5.41, 5.74) is 6.98. The number of nitrogens with one attached hydrogen (secondary N) is 1. The third-order valence-corrected chi connectivity index (χ3v) is 3.28. The fourth-order valence-electron chi connectivity index (χ4n) is 2.28. The quantitative estimate of drug-likeness (QED) is 0.480. The van der Waals surface area contributed by atoms with Crippen molar-refractivity contribution in [1.82, 2.24) is 4.90 Å². The zero-order chi connectivity index (χ0) is 14.5. The van der Waals surface area contributed by atoms with E-state index in [1.807, 2.05) is 0 Å². The minimum absolute atomic E-state index is 0.00822. The van der Waals surface area contributed by atoms with Crippen molar-refractivity contribution in [2.45, 2.75) is 13.0 Å². The zero-order valence-electron chi connectivity index (χ0n) is 11.5. The van der Waals surface area contributed by atoms with Crippen molar-refractivity contribution in [3.63, 3.8) is 0 Å². The van der Waals surface area contributed by atoms with Crippen LogP contribution in [0.4, 0.5) is 17.1 Å². The molecule has 1 aromatic carbocycles. The molecule has 0 amide bonds. The van der Waals surface area contributed by atoms with Crippen LogP contribution in [-0.4, -0.2) is 48.7 Å². The fourth-order valence-corrected chi connectivity index (χ4v) is 2.28. The molecule has 1 unspecified atom stereocenters. The number of nitrogen functional groups attached to an aromatic ring is 1. The number of nitrogens with zero attached hydrogens (tertiary/aromatic N) is 2. The number of hydrogen-bond acceptors (Lipinski definition) is 6. The molecule has 1 aromatic rings. The predicted octanol–water partition coefficient (Wildman–Crippen LogP) is 1.31. The maximum absolute atomic E-state index is 10.7. The van der Waals surface area contributed by atoms with Gasteiger partial charge in [-0.15, -0.1) is 0 Å². The highest BCUT2D eigenvalue weighted by Crippen LogP contribution is 2.24. The first kappa shape index (κ1) is 14.5. The summed E-state index contributed by atoms with van der Waals surface area (Å²) in [6, 6.07) is 4.70. The first-order valence-electron chi connectivity index (χ1n) is 6.67. The lowest BCUT2D eigenvalue weighted by Crippen LogP contribution is -2.42. The highest BCUT2D eigenvalue weighted by Gasteiger charge is 2.15. The minimum atomic E-state index is -0.447. The Bertz CT molecular complexity index is 475. The number of hydrogen-bond donors (Lipinski definition) is 2. The second-order valence-electron chi connectivity index (χ2n) is 4.99. The Hall–Kier alpha value is -1.86. The van der Waals surface area contributed by atoms with Crippen LogP contribution in [0.3, 0.4) is 0 Å². The third kappa shape index (κ3) is 3.82. The standard InChI is InChI=1S/C13H20N4O3/c1-10(9-16-4-6-20-7-5-16)15-13-3-2-11(17(18)19)8-12(13)14/h2-3,8,10,15H,4-7,9,14H2,1H3. The number of anilines is 2. The van der Waals surface area contributed by atoms with Gasteiger partial charge in [-0.1, -0.05) is 0 Å². The molecule has 110 valence electrons. The molecule has 1 heterocycles. The number of morpholine rings is 1. The van der Waals surface area contributed by atoms with Gasteiger partial charge in [-0.25, -0.2) is 0 Å². The predicted molar refractivity (Wildman–Crippen MR) is 77.9 cm³/mol. The Morgan fingerprint density at radius 1 is 1.50 bits per heavy atom. The van der Waals surface area contributed by atoms with Crippen molar-refractivity contribution in [2.24, 2.45) is 0 Å². The van der Waals surface area contributed by atoms with Crippen LogP contribution in [0.1, 0.15) is 6.92 Å². The Kier molecular flexibility index (Phi) is 4.75. The van der Waals surface area contributed by atoms with E-state index in [0.717, 1.165) is 38.5 Å². The third-order valence-electron chi connectivity index (χ3n) is 3.28. The van der Waals surface area contributed by atoms with Gasteiger partial charge in [0.2, 0.25) is 0 Å². The van der Waals surface area contributed by atoms with E-state index >= 15 is 0 Å². The topological polar surface area (TPSA) is 93.7 Å². The molecule has 0 spiro atoms. The molecular weight excluding hydrogens is 260 g/mol. The lowest BCUT2D eigenvalue weighted by molar-refractivity contribution is -0.384. The summed E-state index contributed by atoms with van der Waals surface area (Å²) in [5.74, 6) is 0. The molecule has 0 radical (unpaired) electrons. The van der Waals surface area contributed by atoms with Crippen molar-refractivity contribution in [1.29, 1.82) is 0 Å². The van der Waals surface area contributed by atoms with Gasteiger partial charge < -0.3 is 15.8 Å². The molecule has 20 heavy (non-hydrogen) atoms. The monoisotopic (exact) mass is 280 g/mol. The lowest BCUT2D eigenvalue weighted by Gasteiger charge is -2.29. The number of ether oxygens (including phenoxy) is 1. The Morgan fingerprint density at radius 3 is 2.80 bits per heavy atom. The first-order valence-corrected chi connectivity index (χ1v) is 6.67. The second kappa shape index (κ2) is 6.53. The average Bonchev–Trinajstić information content (AvgIpc) is 2.42. The number of nitrogens with two attached hydrogens (primary N) is 1. The number of nitro groups is 1. The summed E-state index contributed by atoms with van der Waals surface area (Å²) < 4.78 is 5.31. The Labute approximate surface area is 117 Å². The number of non-ortho nitro benzene ring substituents is 1. The molecular formula is C13H20N4O3. The zero-order valence-corrected chi connectivity index (χ0v) is 11.5. The van der Waals surface area contributed by atoms with Gasteiger partial charge in [0.1, 0.15) is 0 Å². The average molecular weight is 280 g/mol. The van der Waals surface area contributed by atoms with Crippen LogP contribution in [0.5, 0.6) is 0 Å². The number of benzene rings is 1. The highest BCUT2D eigenvalue weighted by atomic mass is 16.6. The molecule has 7 heteroatoms. The molecule has 1 atom stereocenters. The highest BCUT2D eigenvalue weighted by molar-refractivity contribution is 5.69. The summed E-state index contributed by atoms with van der Waals surface area (Å²) >= 11 is 0. The van der Waals surface area contributed by atoms with E-state index in [2.05, 4.69) is 17.1 Å². The van der Waals surface area contributed by atoms with Gasteiger partial charge in [0.05, 0.1) is 29.5 Å². The van der Waals surface area contributed by atoms with Crippen molar-refractivity contribution < 1.29 is 9.66 Å². The van der Waals surface area contributed by atoms with Crippen molar-refractivity contribution in [3.05, 3.63) is 28.3 Å². The minimum Gasteiger partial charge on any atom is -0.397 e. The summed E-state index contributed by atoms with van der Waals surface area (Å²) in [6.45, 7) is 6.36. The first-order chi connectivity index (χ1) is 9.56. The molecule has 0 aromatic heterocycles. The van der Waals surface area contributed by atoms with Gasteiger partial charge in [0, 0.05) is 37.8 Å². The molecule has 0 aliphatic carbocycles. The lowest BCUT2D eigenvalue weighted by atomic mass is 10.2. The van der Waals surface area contributed by atoms with Gasteiger partial charge in [-0.3, -0.25) is 15.0 Å². The van der Waals surface area contributed by atoms with Crippen LogP contribution >= 0.6 is 0 Å². The SMILES string of the molecule is CC(CN1CCOCC1)Nc1ccc([N+](=O)[O-])cc1N. The van der Waals surface area contributed by atoms with Crippen LogP contribution in [0.25, 0.3) is 0 Å². The van der Waals surface area contributed by atoms with Gasteiger partial charge >= 0.3 is 0 Å². The maximum atomic E-state index is 10.7. The molecule has 0 saturated carbocycles. The second-order valence-corrected chi connectivity index (χ2v) is 4.99.